The topological polar surface area (TPSA) is 55.4 Å². The van der Waals surface area contributed by atoms with Gasteiger partial charge in [-0.2, -0.15) is 0 Å². The number of nitrogens with one attached hydrogen (secondary N) is 1. The van der Waals surface area contributed by atoms with Crippen molar-refractivity contribution in [3.8, 4) is 5.75 Å². The second kappa shape index (κ2) is 5.50. The van der Waals surface area contributed by atoms with E-state index >= 15 is 0 Å². The van der Waals surface area contributed by atoms with Gasteiger partial charge in [-0.05, 0) is 25.1 Å². The highest BCUT2D eigenvalue weighted by atomic mass is 32.2. The van der Waals surface area contributed by atoms with Crippen molar-refractivity contribution in [1.29, 1.82) is 0 Å². The third-order valence-corrected chi connectivity index (χ3v) is 5.07. The molecule has 0 saturated carbocycles. The maximum Gasteiger partial charge on any atom is 0.241 e. The Morgan fingerprint density at radius 1 is 1.10 bits per heavy atom. The van der Waals surface area contributed by atoms with Crippen molar-refractivity contribution in [1.82, 2.24) is 4.72 Å². The number of rotatable bonds is 3. The summed E-state index contributed by atoms with van der Waals surface area (Å²) in [5.41, 5.74) is 1.92. The fourth-order valence-corrected chi connectivity index (χ4v) is 3.69. The summed E-state index contributed by atoms with van der Waals surface area (Å²) in [6.45, 7) is 2.44. The Morgan fingerprint density at radius 3 is 2.57 bits per heavy atom. The fraction of sp³-hybridized carbons (Fsp3) is 0.250. The molecule has 2 aromatic carbocycles. The maximum absolute atomic E-state index is 12.5. The zero-order valence-electron chi connectivity index (χ0n) is 11.7. The van der Waals surface area contributed by atoms with Gasteiger partial charge in [-0.1, -0.05) is 35.9 Å². The maximum atomic E-state index is 12.5. The summed E-state index contributed by atoms with van der Waals surface area (Å²) < 4.78 is 33.3. The molecule has 0 fully saturated rings. The van der Waals surface area contributed by atoms with Crippen molar-refractivity contribution < 1.29 is 13.2 Å². The molecule has 2 aromatic rings. The van der Waals surface area contributed by atoms with Crippen molar-refractivity contribution in [2.75, 3.05) is 6.61 Å². The van der Waals surface area contributed by atoms with Crippen LogP contribution in [0.4, 0.5) is 0 Å². The Morgan fingerprint density at radius 2 is 1.81 bits per heavy atom. The molecule has 4 nitrogen and oxygen atoms in total. The highest BCUT2D eigenvalue weighted by Crippen LogP contribution is 2.32. The van der Waals surface area contributed by atoms with Crippen LogP contribution >= 0.6 is 0 Å². The summed E-state index contributed by atoms with van der Waals surface area (Å²) in [5, 5.41) is 0. The SMILES string of the molecule is Cc1ccc(S(=O)(=O)N[C@@H]2CCOc3ccccc32)cc1. The first-order valence-corrected chi connectivity index (χ1v) is 8.35. The van der Waals surface area contributed by atoms with Crippen LogP contribution in [0, 0.1) is 6.92 Å². The number of sulfonamides is 1. The molecule has 0 aliphatic carbocycles. The van der Waals surface area contributed by atoms with Gasteiger partial charge in [0, 0.05) is 12.0 Å². The average molecular weight is 303 g/mol. The molecular weight excluding hydrogens is 286 g/mol. The minimum atomic E-state index is -3.52. The molecule has 1 N–H and O–H groups in total. The van der Waals surface area contributed by atoms with Gasteiger partial charge in [-0.25, -0.2) is 13.1 Å². The molecule has 5 heteroatoms. The van der Waals surface area contributed by atoms with Gasteiger partial charge in [-0.15, -0.1) is 0 Å². The van der Waals surface area contributed by atoms with Crippen molar-refractivity contribution in [2.45, 2.75) is 24.3 Å². The summed E-state index contributed by atoms with van der Waals surface area (Å²) in [5.74, 6) is 0.750. The third-order valence-electron chi connectivity index (χ3n) is 3.59. The number of hydrogen-bond acceptors (Lipinski definition) is 3. The fourth-order valence-electron chi connectivity index (χ4n) is 2.44. The number of ether oxygens (including phenoxy) is 1. The zero-order valence-corrected chi connectivity index (χ0v) is 12.6. The molecule has 1 aliphatic heterocycles. The van der Waals surface area contributed by atoms with Crippen molar-refractivity contribution in [2.24, 2.45) is 0 Å². The normalized spacial score (nSPS) is 17.9. The predicted molar refractivity (Wildman–Crippen MR) is 80.8 cm³/mol. The second-order valence-electron chi connectivity index (χ2n) is 5.16. The molecular formula is C16H17NO3S. The summed E-state index contributed by atoms with van der Waals surface area (Å²) in [4.78, 5) is 0.289. The Kier molecular flexibility index (Phi) is 3.69. The van der Waals surface area contributed by atoms with Gasteiger partial charge in [0.25, 0.3) is 0 Å². The number of aryl methyl sites for hydroxylation is 1. The van der Waals surface area contributed by atoms with E-state index in [4.69, 9.17) is 4.74 Å². The Bertz CT molecular complexity index is 738. The Labute approximate surface area is 124 Å². The van der Waals surface area contributed by atoms with Crippen LogP contribution in [0.2, 0.25) is 0 Å². The van der Waals surface area contributed by atoms with Crippen molar-refractivity contribution >= 4 is 10.0 Å². The van der Waals surface area contributed by atoms with E-state index in [0.717, 1.165) is 16.9 Å². The van der Waals surface area contributed by atoms with Gasteiger partial charge < -0.3 is 4.74 Å². The third kappa shape index (κ3) is 2.94. The minimum Gasteiger partial charge on any atom is -0.493 e. The molecule has 0 amide bonds. The lowest BCUT2D eigenvalue weighted by Crippen LogP contribution is -2.32. The van der Waals surface area contributed by atoms with Gasteiger partial charge in [0.2, 0.25) is 10.0 Å². The lowest BCUT2D eigenvalue weighted by atomic mass is 10.0. The number of para-hydroxylation sites is 1. The van der Waals surface area contributed by atoms with E-state index in [1.54, 1.807) is 24.3 Å². The summed E-state index contributed by atoms with van der Waals surface area (Å²) in [6, 6.07) is 14.1. The van der Waals surface area contributed by atoms with Crippen LogP contribution < -0.4 is 9.46 Å². The van der Waals surface area contributed by atoms with Crippen LogP contribution in [0.25, 0.3) is 0 Å². The van der Waals surface area contributed by atoms with Gasteiger partial charge in [0.05, 0.1) is 17.5 Å². The van der Waals surface area contributed by atoms with E-state index in [1.807, 2.05) is 31.2 Å². The highest BCUT2D eigenvalue weighted by Gasteiger charge is 2.26. The molecule has 0 radical (unpaired) electrons. The van der Waals surface area contributed by atoms with Gasteiger partial charge in [0.15, 0.2) is 0 Å². The van der Waals surface area contributed by atoms with E-state index in [0.29, 0.717) is 13.0 Å². The first-order valence-electron chi connectivity index (χ1n) is 6.87. The molecule has 1 atom stereocenters. The number of hydrogen-bond donors (Lipinski definition) is 1. The Balaban J connectivity index is 1.88. The highest BCUT2D eigenvalue weighted by molar-refractivity contribution is 7.89. The van der Waals surface area contributed by atoms with E-state index in [-0.39, 0.29) is 10.9 Å². The lowest BCUT2D eigenvalue weighted by Gasteiger charge is -2.26. The summed E-state index contributed by atoms with van der Waals surface area (Å²) >= 11 is 0. The minimum absolute atomic E-state index is 0.249. The number of fused-ring (bicyclic) bond motifs is 1. The molecule has 0 bridgehead atoms. The van der Waals surface area contributed by atoms with Gasteiger partial charge in [0.1, 0.15) is 5.75 Å². The molecule has 0 saturated heterocycles. The predicted octanol–water partition coefficient (Wildman–Crippen LogP) is 2.80. The largest absolute Gasteiger partial charge is 0.493 e. The van der Waals surface area contributed by atoms with Gasteiger partial charge >= 0.3 is 0 Å². The second-order valence-corrected chi connectivity index (χ2v) is 6.88. The quantitative estimate of drug-likeness (QED) is 0.948. The van der Waals surface area contributed by atoms with Gasteiger partial charge in [-0.3, -0.25) is 0 Å². The average Bonchev–Trinajstić information content (AvgIpc) is 2.48. The van der Waals surface area contributed by atoms with Crippen LogP contribution in [-0.2, 0) is 10.0 Å². The molecule has 1 aliphatic rings. The van der Waals surface area contributed by atoms with Crippen molar-refractivity contribution in [3.05, 3.63) is 59.7 Å². The summed E-state index contributed by atoms with van der Waals surface area (Å²) in [6.07, 6.45) is 0.627. The lowest BCUT2D eigenvalue weighted by molar-refractivity contribution is 0.263. The molecule has 0 aromatic heterocycles. The van der Waals surface area contributed by atoms with E-state index < -0.39 is 10.0 Å². The smallest absolute Gasteiger partial charge is 0.241 e. The summed E-state index contributed by atoms with van der Waals surface area (Å²) in [7, 11) is -3.52. The molecule has 21 heavy (non-hydrogen) atoms. The molecule has 3 rings (SSSR count). The van der Waals surface area contributed by atoms with Crippen LogP contribution in [-0.4, -0.2) is 15.0 Å². The monoisotopic (exact) mass is 303 g/mol. The van der Waals surface area contributed by atoms with Crippen LogP contribution in [0.5, 0.6) is 5.75 Å². The first-order chi connectivity index (χ1) is 10.1. The van der Waals surface area contributed by atoms with Crippen molar-refractivity contribution in [3.63, 3.8) is 0 Å². The molecule has 0 unspecified atom stereocenters. The van der Waals surface area contributed by atoms with Crippen LogP contribution in [0.15, 0.2) is 53.4 Å². The standard InChI is InChI=1S/C16H17NO3S/c1-12-6-8-13(9-7-12)21(18,19)17-15-10-11-20-16-5-3-2-4-14(15)16/h2-9,15,17H,10-11H2,1H3/t15-/m1/s1. The van der Waals surface area contributed by atoms with Crippen LogP contribution in [0.3, 0.4) is 0 Å². The molecule has 110 valence electrons. The molecule has 1 heterocycles. The first kappa shape index (κ1) is 14.1. The van der Waals surface area contributed by atoms with Crippen LogP contribution in [0.1, 0.15) is 23.6 Å². The van der Waals surface area contributed by atoms with E-state index in [9.17, 15) is 8.42 Å². The molecule has 0 spiro atoms. The number of benzene rings is 2. The van der Waals surface area contributed by atoms with E-state index in [1.165, 1.54) is 0 Å². The Hall–Kier alpha value is -1.85. The van der Waals surface area contributed by atoms with E-state index in [2.05, 4.69) is 4.72 Å². The zero-order chi connectivity index (χ0) is 14.9.